The van der Waals surface area contributed by atoms with Crippen molar-refractivity contribution in [2.24, 2.45) is 11.3 Å². The van der Waals surface area contributed by atoms with Gasteiger partial charge in [0.1, 0.15) is 5.75 Å². The van der Waals surface area contributed by atoms with E-state index >= 15 is 0 Å². The molecule has 0 aliphatic rings. The summed E-state index contributed by atoms with van der Waals surface area (Å²) in [6.07, 6.45) is 17.3. The molecule has 2 amide bonds. The van der Waals surface area contributed by atoms with Gasteiger partial charge in [0.05, 0.1) is 28.6 Å². The van der Waals surface area contributed by atoms with Gasteiger partial charge < -0.3 is 20.1 Å². The van der Waals surface area contributed by atoms with E-state index in [0.29, 0.717) is 24.6 Å². The van der Waals surface area contributed by atoms with Gasteiger partial charge in [0, 0.05) is 5.41 Å². The van der Waals surface area contributed by atoms with Crippen molar-refractivity contribution in [3.63, 3.8) is 0 Å². The van der Waals surface area contributed by atoms with Crippen molar-refractivity contribution in [2.75, 3.05) is 17.2 Å². The Morgan fingerprint density at radius 3 is 1.87 bits per heavy atom. The van der Waals surface area contributed by atoms with E-state index < -0.39 is 29.2 Å². The van der Waals surface area contributed by atoms with Gasteiger partial charge in [0.15, 0.2) is 5.78 Å². The number of ketones is 1. The van der Waals surface area contributed by atoms with Crippen LogP contribution in [0.15, 0.2) is 36.4 Å². The van der Waals surface area contributed by atoms with Crippen LogP contribution in [0.3, 0.4) is 0 Å². The first-order chi connectivity index (χ1) is 24.8. The van der Waals surface area contributed by atoms with E-state index in [0.717, 1.165) is 31.2 Å². The number of ether oxygens (including phenoxy) is 2. The molecule has 8 nitrogen and oxygen atoms in total. The fourth-order valence-electron chi connectivity index (χ4n) is 5.77. The van der Waals surface area contributed by atoms with Gasteiger partial charge in [-0.15, -0.1) is 0 Å². The number of esters is 1. The highest BCUT2D eigenvalue weighted by Gasteiger charge is 2.30. The zero-order valence-corrected chi connectivity index (χ0v) is 33.7. The van der Waals surface area contributed by atoms with E-state index in [4.69, 9.17) is 21.1 Å². The molecule has 1 atom stereocenters. The quantitative estimate of drug-likeness (QED) is 0.0564. The zero-order chi connectivity index (χ0) is 38.5. The molecular weight excluding hydrogens is 676 g/mol. The number of amides is 2. The number of hydrogen-bond acceptors (Lipinski definition) is 6. The Labute approximate surface area is 318 Å². The van der Waals surface area contributed by atoms with E-state index in [1.807, 2.05) is 32.9 Å². The van der Waals surface area contributed by atoms with E-state index in [1.54, 1.807) is 6.07 Å². The summed E-state index contributed by atoms with van der Waals surface area (Å²) in [6, 6.07) is 9.81. The molecule has 52 heavy (non-hydrogen) atoms. The molecule has 0 saturated carbocycles. The molecule has 0 spiro atoms. The van der Waals surface area contributed by atoms with Crippen LogP contribution in [0.2, 0.25) is 5.02 Å². The lowest BCUT2D eigenvalue weighted by Gasteiger charge is -2.24. The molecule has 0 heterocycles. The van der Waals surface area contributed by atoms with Crippen molar-refractivity contribution >= 4 is 46.5 Å². The third kappa shape index (κ3) is 16.5. The number of rotatable bonds is 26. The number of halogens is 1. The Bertz CT molecular complexity index is 1420. The molecule has 0 radical (unpaired) electrons. The number of carbonyl (C=O) groups excluding carboxylic acids is 4. The smallest absolute Gasteiger partial charge is 0.338 e. The van der Waals surface area contributed by atoms with Crippen LogP contribution in [0.4, 0.5) is 11.4 Å². The lowest BCUT2D eigenvalue weighted by Crippen LogP contribution is -2.39. The van der Waals surface area contributed by atoms with Gasteiger partial charge in [-0.1, -0.05) is 143 Å². The second-order valence-electron chi connectivity index (χ2n) is 15.1. The molecule has 2 aromatic carbocycles. The standard InChI is InChI=1S/C43H65ClN2O6/c1-8-10-11-12-13-14-15-16-17-18-19-20-21-22-27-51-41(49)34-24-25-35(44)36(30-34)45-40(48)39(32(5)47)52-38-26-23-33(28-31(3)4)29-37(38)46-42(50)43(6,7)9-2/h23-26,29-31,39H,8-22,27-28H2,1-7H3,(H,45,48)(H,46,50). The maximum Gasteiger partial charge on any atom is 0.338 e. The molecule has 0 aliphatic heterocycles. The fraction of sp³-hybridized carbons (Fsp3) is 0.628. The summed E-state index contributed by atoms with van der Waals surface area (Å²) >= 11 is 6.39. The minimum Gasteiger partial charge on any atom is -0.471 e. The van der Waals surface area contributed by atoms with Gasteiger partial charge in [-0.2, -0.15) is 0 Å². The summed E-state index contributed by atoms with van der Waals surface area (Å²) in [5, 5.41) is 5.78. The molecule has 9 heteroatoms. The molecule has 2 rings (SSSR count). The number of unbranched alkanes of at least 4 members (excludes halogenated alkanes) is 13. The van der Waals surface area contributed by atoms with Gasteiger partial charge in [0.25, 0.3) is 5.91 Å². The van der Waals surface area contributed by atoms with Crippen molar-refractivity contribution in [1.29, 1.82) is 0 Å². The highest BCUT2D eigenvalue weighted by Crippen LogP contribution is 2.32. The van der Waals surface area contributed by atoms with Crippen LogP contribution in [-0.2, 0) is 25.5 Å². The highest BCUT2D eigenvalue weighted by atomic mass is 35.5. The van der Waals surface area contributed by atoms with Crippen LogP contribution in [0.5, 0.6) is 5.75 Å². The van der Waals surface area contributed by atoms with Crippen molar-refractivity contribution in [1.82, 2.24) is 0 Å². The van der Waals surface area contributed by atoms with Gasteiger partial charge in [-0.25, -0.2) is 4.79 Å². The van der Waals surface area contributed by atoms with Crippen LogP contribution < -0.4 is 15.4 Å². The van der Waals surface area contributed by atoms with Crippen molar-refractivity contribution in [3.05, 3.63) is 52.5 Å². The monoisotopic (exact) mass is 740 g/mol. The first-order valence-electron chi connectivity index (χ1n) is 19.7. The van der Waals surface area contributed by atoms with E-state index in [-0.39, 0.29) is 27.9 Å². The van der Waals surface area contributed by atoms with Crippen LogP contribution in [0.25, 0.3) is 0 Å². The molecule has 0 saturated heterocycles. The maximum atomic E-state index is 13.5. The number of benzene rings is 2. The van der Waals surface area contributed by atoms with Crippen LogP contribution >= 0.6 is 11.6 Å². The predicted octanol–water partition coefficient (Wildman–Crippen LogP) is 11.5. The van der Waals surface area contributed by atoms with Crippen molar-refractivity contribution in [2.45, 2.75) is 157 Å². The third-order valence-corrected chi connectivity index (χ3v) is 9.81. The summed E-state index contributed by atoms with van der Waals surface area (Å²) < 4.78 is 11.5. The molecule has 0 aliphatic carbocycles. The molecular formula is C43H65ClN2O6. The number of Topliss-reactive ketones (excluding diaryl/α,β-unsaturated/α-hetero) is 1. The van der Waals surface area contributed by atoms with Crippen LogP contribution in [-0.4, -0.2) is 36.3 Å². The molecule has 1 unspecified atom stereocenters. The average Bonchev–Trinajstić information content (AvgIpc) is 3.09. The lowest BCUT2D eigenvalue weighted by atomic mass is 9.89. The van der Waals surface area contributed by atoms with Crippen LogP contribution in [0, 0.1) is 11.3 Å². The Morgan fingerprint density at radius 1 is 0.750 bits per heavy atom. The number of nitrogens with one attached hydrogen (secondary N) is 2. The number of carbonyl (C=O) groups is 4. The Balaban J connectivity index is 1.93. The van der Waals surface area contributed by atoms with E-state index in [9.17, 15) is 19.2 Å². The Hall–Kier alpha value is -3.39. The second-order valence-corrected chi connectivity index (χ2v) is 15.6. The van der Waals surface area contributed by atoms with Crippen LogP contribution in [0.1, 0.15) is 161 Å². The normalized spacial score (nSPS) is 12.0. The first kappa shape index (κ1) is 44.8. The zero-order valence-electron chi connectivity index (χ0n) is 33.0. The van der Waals surface area contributed by atoms with E-state index in [1.165, 1.54) is 95.8 Å². The van der Waals surface area contributed by atoms with Gasteiger partial charge >= 0.3 is 5.97 Å². The third-order valence-electron chi connectivity index (χ3n) is 9.48. The minimum atomic E-state index is -1.54. The molecule has 0 bridgehead atoms. The van der Waals surface area contributed by atoms with Crippen molar-refractivity contribution < 1.29 is 28.7 Å². The number of hydrogen-bond donors (Lipinski definition) is 2. The maximum absolute atomic E-state index is 13.5. The summed E-state index contributed by atoms with van der Waals surface area (Å²) in [6.45, 7) is 13.6. The Kier molecular flexibility index (Phi) is 20.7. The second kappa shape index (κ2) is 24.0. The molecule has 2 N–H and O–H groups in total. The summed E-state index contributed by atoms with van der Waals surface area (Å²) in [7, 11) is 0. The Morgan fingerprint density at radius 2 is 1.33 bits per heavy atom. The fourth-order valence-corrected chi connectivity index (χ4v) is 5.93. The number of anilines is 2. The first-order valence-corrected chi connectivity index (χ1v) is 20.1. The molecule has 2 aromatic rings. The van der Waals surface area contributed by atoms with Crippen molar-refractivity contribution in [3.8, 4) is 5.75 Å². The van der Waals surface area contributed by atoms with Gasteiger partial charge in [-0.3, -0.25) is 14.4 Å². The minimum absolute atomic E-state index is 0.151. The van der Waals surface area contributed by atoms with Gasteiger partial charge in [-0.05, 0) is 68.0 Å². The molecule has 0 aromatic heterocycles. The highest BCUT2D eigenvalue weighted by molar-refractivity contribution is 6.34. The SMILES string of the molecule is CCCCCCCCCCCCCCCCOC(=O)c1ccc(Cl)c(NC(=O)C(Oc2ccc(CC(C)C)cc2NC(=O)C(C)(C)CC)C(C)=O)c1. The summed E-state index contributed by atoms with van der Waals surface area (Å²) in [4.78, 5) is 52.1. The predicted molar refractivity (Wildman–Crippen MR) is 213 cm³/mol. The van der Waals surface area contributed by atoms with Gasteiger partial charge in [0.2, 0.25) is 12.0 Å². The topological polar surface area (TPSA) is 111 Å². The van der Waals surface area contributed by atoms with E-state index in [2.05, 4.69) is 31.4 Å². The molecule has 290 valence electrons. The summed E-state index contributed by atoms with van der Waals surface area (Å²) in [5.41, 5.74) is 1.10. The molecule has 0 fully saturated rings. The summed E-state index contributed by atoms with van der Waals surface area (Å²) in [5.74, 6) is -1.46. The largest absolute Gasteiger partial charge is 0.471 e. The average molecular weight is 741 g/mol. The lowest BCUT2D eigenvalue weighted by molar-refractivity contribution is -0.133.